The van der Waals surface area contributed by atoms with E-state index >= 15 is 0 Å². The van der Waals surface area contributed by atoms with Gasteiger partial charge in [-0.05, 0) is 5.41 Å². The van der Waals surface area contributed by atoms with Crippen LogP contribution in [0, 0.1) is 5.92 Å². The summed E-state index contributed by atoms with van der Waals surface area (Å²) in [5.74, 6) is -0.618. The zero-order chi connectivity index (χ0) is 7.84. The van der Waals surface area contributed by atoms with Crippen molar-refractivity contribution < 1.29 is 4.79 Å². The second-order valence-corrected chi connectivity index (χ2v) is 3.43. The lowest BCUT2D eigenvalue weighted by atomic mass is 10.1. The van der Waals surface area contributed by atoms with Gasteiger partial charge in [0, 0.05) is 5.03 Å². The average molecular weight is 187 g/mol. The maximum atomic E-state index is 11.1. The van der Waals surface area contributed by atoms with E-state index in [1.165, 1.54) is 18.1 Å². The largest absolute Gasteiger partial charge is 0.271 e. The quantitative estimate of drug-likeness (QED) is 0.574. The summed E-state index contributed by atoms with van der Waals surface area (Å²) in [4.78, 5) is 18.5. The van der Waals surface area contributed by atoms with Crippen molar-refractivity contribution in [3.8, 4) is 0 Å². The van der Waals surface area contributed by atoms with Gasteiger partial charge in [-0.1, -0.05) is 23.4 Å². The van der Waals surface area contributed by atoms with E-state index in [2.05, 4.69) is 9.98 Å². The number of fused-ring (bicyclic) bond motifs is 1. The van der Waals surface area contributed by atoms with Gasteiger partial charge < -0.3 is 0 Å². The van der Waals surface area contributed by atoms with Crippen molar-refractivity contribution in [3.63, 3.8) is 0 Å². The molecule has 2 aliphatic rings. The summed E-state index contributed by atoms with van der Waals surface area (Å²) >= 11 is 7.13. The molecule has 1 atom stereocenters. The Bertz CT molecular complexity index is 308. The van der Waals surface area contributed by atoms with E-state index in [0.717, 1.165) is 5.04 Å². The van der Waals surface area contributed by atoms with Crippen LogP contribution in [0.1, 0.15) is 0 Å². The highest BCUT2D eigenvalue weighted by molar-refractivity contribution is 8.17. The van der Waals surface area contributed by atoms with Crippen LogP contribution in [0.15, 0.2) is 20.4 Å². The summed E-state index contributed by atoms with van der Waals surface area (Å²) in [5.41, 5.74) is 0. The minimum absolute atomic E-state index is 0.221. The molecule has 56 valence electrons. The van der Waals surface area contributed by atoms with Gasteiger partial charge in [0.15, 0.2) is 0 Å². The van der Waals surface area contributed by atoms with Gasteiger partial charge in [-0.15, -0.1) is 0 Å². The topological polar surface area (TPSA) is 41.8 Å². The highest BCUT2D eigenvalue weighted by Crippen LogP contribution is 2.35. The van der Waals surface area contributed by atoms with Gasteiger partial charge in [0.05, 0.1) is 5.04 Å². The van der Waals surface area contributed by atoms with Crippen LogP contribution in [-0.2, 0) is 4.79 Å². The molecule has 0 aromatic heterocycles. The van der Waals surface area contributed by atoms with E-state index in [-0.39, 0.29) is 5.91 Å². The Morgan fingerprint density at radius 3 is 3.18 bits per heavy atom. The van der Waals surface area contributed by atoms with Gasteiger partial charge in [0.25, 0.3) is 5.91 Å². The summed E-state index contributed by atoms with van der Waals surface area (Å²) < 4.78 is 0. The minimum Gasteiger partial charge on any atom is -0.271 e. The first-order valence-corrected chi connectivity index (χ1v) is 4.21. The summed E-state index contributed by atoms with van der Waals surface area (Å²) in [6, 6.07) is 0. The Morgan fingerprint density at radius 2 is 2.45 bits per heavy atom. The fourth-order valence-electron chi connectivity index (χ4n) is 0.916. The number of halogens is 1. The SMILES string of the molecule is O=C1N=CN=C2SC=C(Cl)C12. The number of hydrogen-bond acceptors (Lipinski definition) is 3. The van der Waals surface area contributed by atoms with Crippen molar-refractivity contribution >= 4 is 40.7 Å². The standard InChI is InChI=1S/C6H3ClN2OS/c7-3-1-11-6-4(3)5(10)8-2-9-6/h1-2,4H. The number of carbonyl (C=O) groups excluding carboxylic acids is 1. The Morgan fingerprint density at radius 1 is 1.64 bits per heavy atom. The van der Waals surface area contributed by atoms with Crippen LogP contribution in [-0.4, -0.2) is 17.3 Å². The molecule has 0 aliphatic carbocycles. The molecule has 3 nitrogen and oxygen atoms in total. The minimum atomic E-state index is -0.397. The highest BCUT2D eigenvalue weighted by atomic mass is 35.5. The molecule has 2 heterocycles. The lowest BCUT2D eigenvalue weighted by Crippen LogP contribution is -2.20. The zero-order valence-corrected chi connectivity index (χ0v) is 6.89. The summed E-state index contributed by atoms with van der Waals surface area (Å²) in [5, 5.41) is 2.98. The fraction of sp³-hybridized carbons (Fsp3) is 0.167. The van der Waals surface area contributed by atoms with Crippen LogP contribution in [0.5, 0.6) is 0 Å². The number of thioether (sulfide) groups is 1. The van der Waals surface area contributed by atoms with Crippen LogP contribution < -0.4 is 0 Å². The molecule has 0 saturated heterocycles. The third-order valence-electron chi connectivity index (χ3n) is 1.43. The Balaban J connectivity index is 2.42. The lowest BCUT2D eigenvalue weighted by molar-refractivity contribution is -0.118. The Labute approximate surface area is 72.2 Å². The van der Waals surface area contributed by atoms with E-state index in [4.69, 9.17) is 11.6 Å². The smallest absolute Gasteiger partial charge is 0.262 e. The molecule has 0 bridgehead atoms. The van der Waals surface area contributed by atoms with Crippen LogP contribution in [0.25, 0.3) is 0 Å². The number of rotatable bonds is 0. The molecule has 11 heavy (non-hydrogen) atoms. The summed E-state index contributed by atoms with van der Waals surface area (Å²) in [7, 11) is 0. The first-order chi connectivity index (χ1) is 5.29. The van der Waals surface area contributed by atoms with Gasteiger partial charge in [-0.2, -0.15) is 0 Å². The van der Waals surface area contributed by atoms with Gasteiger partial charge in [0.1, 0.15) is 12.3 Å². The van der Waals surface area contributed by atoms with E-state index in [1.807, 2.05) is 0 Å². The van der Waals surface area contributed by atoms with Crippen LogP contribution in [0.3, 0.4) is 0 Å². The number of hydrogen-bond donors (Lipinski definition) is 0. The predicted molar refractivity (Wildman–Crippen MR) is 46.0 cm³/mol. The molecule has 0 N–H and O–H groups in total. The van der Waals surface area contributed by atoms with Crippen molar-refractivity contribution in [3.05, 3.63) is 10.4 Å². The average Bonchev–Trinajstić information content (AvgIpc) is 2.34. The molecule has 5 heteroatoms. The van der Waals surface area contributed by atoms with E-state index in [0.29, 0.717) is 5.03 Å². The maximum Gasteiger partial charge on any atom is 0.262 e. The van der Waals surface area contributed by atoms with Crippen molar-refractivity contribution in [2.75, 3.05) is 0 Å². The monoisotopic (exact) mass is 186 g/mol. The van der Waals surface area contributed by atoms with E-state index in [9.17, 15) is 4.79 Å². The molecule has 0 fully saturated rings. The fourth-order valence-corrected chi connectivity index (χ4v) is 2.15. The number of carbonyl (C=O) groups is 1. The second-order valence-electron chi connectivity index (χ2n) is 2.10. The number of aliphatic imine (C=N–C) groups is 2. The zero-order valence-electron chi connectivity index (χ0n) is 5.32. The molecule has 1 unspecified atom stereocenters. The number of nitrogens with zero attached hydrogens (tertiary/aromatic N) is 2. The summed E-state index contributed by atoms with van der Waals surface area (Å²) in [6.07, 6.45) is 1.27. The van der Waals surface area contributed by atoms with E-state index < -0.39 is 5.92 Å². The molecular weight excluding hydrogens is 184 g/mol. The number of amides is 1. The van der Waals surface area contributed by atoms with Crippen molar-refractivity contribution in [2.45, 2.75) is 0 Å². The van der Waals surface area contributed by atoms with Crippen LogP contribution >= 0.6 is 23.4 Å². The van der Waals surface area contributed by atoms with Crippen LogP contribution in [0.2, 0.25) is 0 Å². The molecule has 0 spiro atoms. The third-order valence-corrected chi connectivity index (χ3v) is 2.84. The van der Waals surface area contributed by atoms with Gasteiger partial charge in [-0.3, -0.25) is 4.79 Å². The molecule has 0 aromatic rings. The van der Waals surface area contributed by atoms with Gasteiger partial charge in [-0.25, -0.2) is 9.98 Å². The van der Waals surface area contributed by atoms with Crippen molar-refractivity contribution in [1.29, 1.82) is 0 Å². The maximum absolute atomic E-state index is 11.1. The summed E-state index contributed by atoms with van der Waals surface area (Å²) in [6.45, 7) is 0. The normalized spacial score (nSPS) is 28.1. The molecule has 2 rings (SSSR count). The van der Waals surface area contributed by atoms with Gasteiger partial charge in [0.2, 0.25) is 0 Å². The lowest BCUT2D eigenvalue weighted by Gasteiger charge is -2.08. The molecule has 0 aromatic carbocycles. The van der Waals surface area contributed by atoms with E-state index in [1.54, 1.807) is 5.41 Å². The Kier molecular flexibility index (Phi) is 1.58. The molecular formula is C6H3ClN2OS. The molecule has 0 saturated carbocycles. The highest BCUT2D eigenvalue weighted by Gasteiger charge is 2.33. The van der Waals surface area contributed by atoms with Crippen LogP contribution in [0.4, 0.5) is 0 Å². The van der Waals surface area contributed by atoms with Crippen molar-refractivity contribution in [2.24, 2.45) is 15.9 Å². The predicted octanol–water partition coefficient (Wildman–Crippen LogP) is 1.40. The van der Waals surface area contributed by atoms with Crippen molar-refractivity contribution in [1.82, 2.24) is 0 Å². The Hall–Kier alpha value is -0.610. The molecule has 2 aliphatic heterocycles. The first-order valence-electron chi connectivity index (χ1n) is 2.95. The first kappa shape index (κ1) is 7.06. The second kappa shape index (κ2) is 2.46. The van der Waals surface area contributed by atoms with Gasteiger partial charge >= 0.3 is 0 Å². The molecule has 0 radical (unpaired) electrons. The molecule has 1 amide bonds. The third kappa shape index (κ3) is 1.02.